The summed E-state index contributed by atoms with van der Waals surface area (Å²) in [6, 6.07) is 9.15. The van der Waals surface area contributed by atoms with Gasteiger partial charge in [0.1, 0.15) is 16.9 Å². The fourth-order valence-electron chi connectivity index (χ4n) is 1.86. The molecule has 0 bridgehead atoms. The van der Waals surface area contributed by atoms with Crippen molar-refractivity contribution >= 4 is 34.5 Å². The van der Waals surface area contributed by atoms with Gasteiger partial charge in [0, 0.05) is 3.57 Å². The number of ether oxygens (including phenoxy) is 2. The second-order valence-corrected chi connectivity index (χ2v) is 5.32. The second-order valence-electron chi connectivity index (χ2n) is 4.08. The van der Waals surface area contributed by atoms with E-state index < -0.39 is 11.9 Å². The summed E-state index contributed by atoms with van der Waals surface area (Å²) in [5.41, 5.74) is 0.140. The summed E-state index contributed by atoms with van der Waals surface area (Å²) in [7, 11) is 0. The lowest BCUT2D eigenvalue weighted by atomic mass is 10.1. The highest BCUT2D eigenvalue weighted by molar-refractivity contribution is 14.1. The first-order chi connectivity index (χ1) is 9.56. The van der Waals surface area contributed by atoms with Crippen LogP contribution in [0, 0.1) is 3.57 Å². The van der Waals surface area contributed by atoms with Crippen LogP contribution < -0.4 is 9.47 Å². The average molecular weight is 382 g/mol. The molecule has 0 amide bonds. The Morgan fingerprint density at radius 3 is 2.45 bits per heavy atom. The number of fused-ring (bicyclic) bond motifs is 2. The maximum atomic E-state index is 12.1. The van der Waals surface area contributed by atoms with Gasteiger partial charge in [-0.3, -0.25) is 0 Å². The van der Waals surface area contributed by atoms with Gasteiger partial charge in [0.05, 0.1) is 0 Å². The van der Waals surface area contributed by atoms with Crippen LogP contribution in [0.1, 0.15) is 20.7 Å². The SMILES string of the molecule is O=C1Oc2c(O)cc(I)cc2C(=O)Oc2ccccc21. The quantitative estimate of drug-likeness (QED) is 0.431. The van der Waals surface area contributed by atoms with Crippen LogP contribution in [-0.2, 0) is 0 Å². The van der Waals surface area contributed by atoms with Crippen LogP contribution in [0.4, 0.5) is 0 Å². The number of aromatic hydroxyl groups is 1. The van der Waals surface area contributed by atoms with E-state index in [9.17, 15) is 14.7 Å². The van der Waals surface area contributed by atoms with Crippen molar-refractivity contribution in [3.05, 3.63) is 51.1 Å². The topological polar surface area (TPSA) is 72.8 Å². The van der Waals surface area contributed by atoms with Gasteiger partial charge in [0.2, 0.25) is 0 Å². The standard InChI is InChI=1S/C14H7IO5/c15-7-5-9-12(10(16)6-7)20-13(17)8-3-1-2-4-11(8)19-14(9)18/h1-6,16H. The molecule has 1 aliphatic heterocycles. The third-order valence-corrected chi connectivity index (χ3v) is 3.38. The summed E-state index contributed by atoms with van der Waals surface area (Å²) in [5, 5.41) is 9.85. The Morgan fingerprint density at radius 2 is 1.65 bits per heavy atom. The Bertz CT molecular complexity index is 738. The number of phenols is 1. The molecule has 1 N–H and O–H groups in total. The molecule has 1 aliphatic rings. The van der Waals surface area contributed by atoms with Gasteiger partial charge in [0.15, 0.2) is 11.5 Å². The average Bonchev–Trinajstić information content (AvgIpc) is 2.40. The molecule has 0 radical (unpaired) electrons. The maximum absolute atomic E-state index is 12.1. The van der Waals surface area contributed by atoms with E-state index in [2.05, 4.69) is 0 Å². The van der Waals surface area contributed by atoms with Crippen molar-refractivity contribution in [2.24, 2.45) is 0 Å². The van der Waals surface area contributed by atoms with Crippen LogP contribution >= 0.6 is 22.6 Å². The van der Waals surface area contributed by atoms with E-state index in [1.54, 1.807) is 12.1 Å². The number of halogens is 1. The second kappa shape index (κ2) is 4.78. The molecule has 2 aromatic carbocycles. The summed E-state index contributed by atoms with van der Waals surface area (Å²) in [6.07, 6.45) is 0. The third kappa shape index (κ3) is 2.11. The molecule has 0 saturated carbocycles. The molecule has 0 spiro atoms. The van der Waals surface area contributed by atoms with Gasteiger partial charge in [-0.25, -0.2) is 9.59 Å². The van der Waals surface area contributed by atoms with E-state index in [-0.39, 0.29) is 28.4 Å². The van der Waals surface area contributed by atoms with Crippen molar-refractivity contribution < 1.29 is 24.2 Å². The molecule has 0 aromatic heterocycles. The molecule has 0 saturated heterocycles. The number of rotatable bonds is 0. The Balaban J connectivity index is 2.19. The summed E-state index contributed by atoms with van der Waals surface area (Å²) < 4.78 is 10.9. The van der Waals surface area contributed by atoms with E-state index >= 15 is 0 Å². The molecular formula is C14H7IO5. The van der Waals surface area contributed by atoms with Crippen LogP contribution in [0.2, 0.25) is 0 Å². The maximum Gasteiger partial charge on any atom is 0.347 e. The lowest BCUT2D eigenvalue weighted by Gasteiger charge is -2.17. The van der Waals surface area contributed by atoms with Crippen LogP contribution in [0.25, 0.3) is 0 Å². The molecule has 3 rings (SSSR count). The number of phenolic OH excluding ortho intramolecular Hbond substituents is 1. The summed E-state index contributed by atoms with van der Waals surface area (Å²) in [6.45, 7) is 0. The molecule has 0 aliphatic carbocycles. The molecule has 2 aromatic rings. The van der Waals surface area contributed by atoms with E-state index in [1.165, 1.54) is 24.3 Å². The number of carbonyl (C=O) groups excluding carboxylic acids is 2. The minimum Gasteiger partial charge on any atom is -0.504 e. The molecule has 0 unspecified atom stereocenters. The van der Waals surface area contributed by atoms with Gasteiger partial charge in [0.25, 0.3) is 0 Å². The Hall–Kier alpha value is -2.09. The number of hydrogen-bond acceptors (Lipinski definition) is 5. The van der Waals surface area contributed by atoms with Crippen LogP contribution in [0.5, 0.6) is 17.2 Å². The molecule has 1 heterocycles. The van der Waals surface area contributed by atoms with Gasteiger partial charge in [-0.15, -0.1) is 0 Å². The van der Waals surface area contributed by atoms with Crippen molar-refractivity contribution in [3.63, 3.8) is 0 Å². The Labute approximate surface area is 127 Å². The number of hydrogen-bond donors (Lipinski definition) is 1. The largest absolute Gasteiger partial charge is 0.504 e. The highest BCUT2D eigenvalue weighted by Crippen LogP contribution is 2.36. The fourth-order valence-corrected chi connectivity index (χ4v) is 2.47. The number of carbonyl (C=O) groups is 2. The van der Waals surface area contributed by atoms with Crippen LogP contribution in [-0.4, -0.2) is 17.0 Å². The first-order valence-corrected chi connectivity index (χ1v) is 6.70. The zero-order valence-electron chi connectivity index (χ0n) is 9.92. The predicted molar refractivity (Wildman–Crippen MR) is 77.2 cm³/mol. The minimum absolute atomic E-state index is 0.0113. The Morgan fingerprint density at radius 1 is 0.950 bits per heavy atom. The van der Waals surface area contributed by atoms with Crippen molar-refractivity contribution in [2.45, 2.75) is 0 Å². The van der Waals surface area contributed by atoms with E-state index in [4.69, 9.17) is 9.47 Å². The molecule has 100 valence electrons. The first-order valence-electron chi connectivity index (χ1n) is 5.62. The highest BCUT2D eigenvalue weighted by Gasteiger charge is 2.27. The highest BCUT2D eigenvalue weighted by atomic mass is 127. The fraction of sp³-hybridized carbons (Fsp3) is 0. The monoisotopic (exact) mass is 382 g/mol. The number of esters is 2. The summed E-state index contributed by atoms with van der Waals surface area (Å²) >= 11 is 1.94. The smallest absolute Gasteiger partial charge is 0.347 e. The van der Waals surface area contributed by atoms with Crippen LogP contribution in [0.15, 0.2) is 36.4 Å². The molecular weight excluding hydrogens is 375 g/mol. The van der Waals surface area contributed by atoms with Gasteiger partial charge in [-0.1, -0.05) is 12.1 Å². The zero-order valence-corrected chi connectivity index (χ0v) is 12.1. The molecule has 0 fully saturated rings. The van der Waals surface area contributed by atoms with E-state index in [0.717, 1.165) is 0 Å². The third-order valence-electron chi connectivity index (χ3n) is 2.76. The summed E-state index contributed by atoms with van der Waals surface area (Å²) in [5.74, 6) is -1.71. The minimum atomic E-state index is -0.689. The predicted octanol–water partition coefficient (Wildman–Crippen LogP) is 2.75. The molecule has 0 atom stereocenters. The molecule has 6 heteroatoms. The van der Waals surface area contributed by atoms with Gasteiger partial charge in [-0.05, 0) is 46.9 Å². The van der Waals surface area contributed by atoms with Gasteiger partial charge >= 0.3 is 11.9 Å². The number of benzene rings is 2. The molecule has 5 nitrogen and oxygen atoms in total. The van der Waals surface area contributed by atoms with Gasteiger partial charge < -0.3 is 14.6 Å². The lowest BCUT2D eigenvalue weighted by Crippen LogP contribution is -2.20. The van der Waals surface area contributed by atoms with Gasteiger partial charge in [-0.2, -0.15) is 0 Å². The molecule has 20 heavy (non-hydrogen) atoms. The lowest BCUT2D eigenvalue weighted by molar-refractivity contribution is 0.0663. The van der Waals surface area contributed by atoms with E-state index in [1.807, 2.05) is 22.6 Å². The Kier molecular flexibility index (Phi) is 3.09. The van der Waals surface area contributed by atoms with Crippen molar-refractivity contribution in [2.75, 3.05) is 0 Å². The van der Waals surface area contributed by atoms with Crippen molar-refractivity contribution in [3.8, 4) is 17.2 Å². The normalized spacial score (nSPS) is 13.4. The first kappa shape index (κ1) is 12.9. The van der Waals surface area contributed by atoms with E-state index in [0.29, 0.717) is 3.57 Å². The zero-order chi connectivity index (χ0) is 14.3. The summed E-state index contributed by atoms with van der Waals surface area (Å²) in [4.78, 5) is 24.1. The van der Waals surface area contributed by atoms with Crippen molar-refractivity contribution in [1.82, 2.24) is 0 Å². The number of para-hydroxylation sites is 1. The van der Waals surface area contributed by atoms with Crippen LogP contribution in [0.3, 0.4) is 0 Å². The van der Waals surface area contributed by atoms with Crippen molar-refractivity contribution in [1.29, 1.82) is 0 Å².